The number of rotatable bonds is 6. The Hall–Kier alpha value is -3.13. The van der Waals surface area contributed by atoms with Crippen LogP contribution >= 0.6 is 15.9 Å². The standard InChI is InChI=1S/C24H20BrF6N3O4/c1-3-36-16-7-5-6-13(19(16)25)20-14-10-12(23(26,27)28)8-9-15(14)34-21(32-33-22(34)24(29,30)31)17(38-20)11-18(35)37-4-2/h5-10,17,20H,3-4,11H2,1-2H3/t17-,20-/m1/s1. The zero-order valence-electron chi connectivity index (χ0n) is 19.9. The molecule has 0 amide bonds. The third-order valence-corrected chi connectivity index (χ3v) is 6.49. The number of esters is 1. The Morgan fingerprint density at radius 1 is 1.03 bits per heavy atom. The van der Waals surface area contributed by atoms with Gasteiger partial charge in [0.25, 0.3) is 0 Å². The molecule has 2 atom stereocenters. The quantitative estimate of drug-likeness (QED) is 0.233. The summed E-state index contributed by atoms with van der Waals surface area (Å²) < 4.78 is 101. The first kappa shape index (κ1) is 27.9. The number of alkyl halides is 6. The van der Waals surface area contributed by atoms with Gasteiger partial charge in [0.2, 0.25) is 5.82 Å². The van der Waals surface area contributed by atoms with Crippen molar-refractivity contribution in [3.8, 4) is 11.4 Å². The van der Waals surface area contributed by atoms with Crippen molar-refractivity contribution >= 4 is 21.9 Å². The Bertz CT molecular complexity index is 1340. The summed E-state index contributed by atoms with van der Waals surface area (Å²) in [6, 6.07) is 6.99. The SMILES string of the molecule is CCOC(=O)C[C@H]1O[C@H](c2cccc(OCC)c2Br)c2cc(C(F)(F)F)ccc2-n2c1nnc2C(F)(F)F. The summed E-state index contributed by atoms with van der Waals surface area (Å²) in [7, 11) is 0. The highest BCUT2D eigenvalue weighted by molar-refractivity contribution is 9.10. The highest BCUT2D eigenvalue weighted by Gasteiger charge is 2.44. The first-order valence-corrected chi connectivity index (χ1v) is 12.1. The van der Waals surface area contributed by atoms with Gasteiger partial charge in [-0.3, -0.25) is 9.36 Å². The lowest BCUT2D eigenvalue weighted by atomic mass is 9.97. The third-order valence-electron chi connectivity index (χ3n) is 5.64. The second-order valence-corrected chi connectivity index (χ2v) is 8.89. The van der Waals surface area contributed by atoms with E-state index < -0.39 is 54.2 Å². The van der Waals surface area contributed by atoms with Gasteiger partial charge in [0.15, 0.2) is 5.82 Å². The molecule has 2 heterocycles. The maximum absolute atomic E-state index is 14.0. The minimum Gasteiger partial charge on any atom is -0.493 e. The molecule has 14 heteroatoms. The number of halogens is 7. The molecule has 0 aliphatic carbocycles. The summed E-state index contributed by atoms with van der Waals surface area (Å²) in [5, 5.41) is 6.89. The van der Waals surface area contributed by atoms with Crippen molar-refractivity contribution in [1.29, 1.82) is 0 Å². The van der Waals surface area contributed by atoms with Crippen molar-refractivity contribution < 1.29 is 45.3 Å². The number of ether oxygens (including phenoxy) is 3. The van der Waals surface area contributed by atoms with E-state index in [0.29, 0.717) is 20.9 Å². The zero-order valence-corrected chi connectivity index (χ0v) is 21.4. The Balaban J connectivity index is 2.02. The van der Waals surface area contributed by atoms with Gasteiger partial charge in [0, 0.05) is 11.1 Å². The van der Waals surface area contributed by atoms with Crippen LogP contribution in [0.3, 0.4) is 0 Å². The van der Waals surface area contributed by atoms with Crippen molar-refractivity contribution in [2.45, 2.75) is 44.8 Å². The van der Waals surface area contributed by atoms with Crippen LogP contribution in [0, 0.1) is 0 Å². The maximum atomic E-state index is 14.0. The van der Waals surface area contributed by atoms with Crippen molar-refractivity contribution in [3.63, 3.8) is 0 Å². The fourth-order valence-electron chi connectivity index (χ4n) is 4.12. The molecule has 0 saturated heterocycles. The summed E-state index contributed by atoms with van der Waals surface area (Å²) in [6.07, 6.45) is -13.2. The fourth-order valence-corrected chi connectivity index (χ4v) is 4.70. The lowest BCUT2D eigenvalue weighted by molar-refractivity contribution is -0.147. The molecule has 1 aliphatic heterocycles. The summed E-state index contributed by atoms with van der Waals surface area (Å²) >= 11 is 3.39. The predicted octanol–water partition coefficient (Wildman–Crippen LogP) is 6.58. The van der Waals surface area contributed by atoms with Crippen molar-refractivity contribution in [3.05, 3.63) is 69.2 Å². The lowest BCUT2D eigenvalue weighted by Crippen LogP contribution is -2.18. The minimum atomic E-state index is -5.02. The first-order chi connectivity index (χ1) is 17.9. The average molecular weight is 608 g/mol. The van der Waals surface area contributed by atoms with Crippen LogP contribution in [-0.2, 0) is 26.6 Å². The molecular weight excluding hydrogens is 588 g/mol. The molecular formula is C24H20BrF6N3O4. The smallest absolute Gasteiger partial charge is 0.452 e. The number of carbonyl (C=O) groups excluding carboxylic acids is 1. The molecule has 0 unspecified atom stereocenters. The van der Waals surface area contributed by atoms with Crippen molar-refractivity contribution in [2.75, 3.05) is 13.2 Å². The lowest BCUT2D eigenvalue weighted by Gasteiger charge is -2.24. The molecule has 1 aliphatic rings. The van der Waals surface area contributed by atoms with Crippen LogP contribution in [0.1, 0.15) is 60.8 Å². The summed E-state index contributed by atoms with van der Waals surface area (Å²) in [4.78, 5) is 12.4. The van der Waals surface area contributed by atoms with Crippen molar-refractivity contribution in [2.24, 2.45) is 0 Å². The van der Waals surface area contributed by atoms with Crippen LogP contribution < -0.4 is 4.74 Å². The van der Waals surface area contributed by atoms with E-state index in [4.69, 9.17) is 14.2 Å². The van der Waals surface area contributed by atoms with E-state index in [2.05, 4.69) is 26.1 Å². The highest BCUT2D eigenvalue weighted by atomic mass is 79.9. The van der Waals surface area contributed by atoms with Gasteiger partial charge in [0.05, 0.1) is 35.4 Å². The first-order valence-electron chi connectivity index (χ1n) is 11.3. The molecule has 0 N–H and O–H groups in total. The average Bonchev–Trinajstić information content (AvgIpc) is 3.24. The molecule has 0 saturated carbocycles. The second kappa shape index (κ2) is 10.6. The van der Waals surface area contributed by atoms with E-state index in [1.165, 1.54) is 6.07 Å². The topological polar surface area (TPSA) is 75.5 Å². The van der Waals surface area contributed by atoms with Gasteiger partial charge in [-0.05, 0) is 54.0 Å². The number of hydrogen-bond donors (Lipinski definition) is 0. The maximum Gasteiger partial charge on any atom is 0.452 e. The van der Waals surface area contributed by atoms with E-state index >= 15 is 0 Å². The van der Waals surface area contributed by atoms with E-state index in [-0.39, 0.29) is 30.0 Å². The van der Waals surface area contributed by atoms with Gasteiger partial charge in [-0.1, -0.05) is 12.1 Å². The number of fused-ring (bicyclic) bond motifs is 3. The summed E-state index contributed by atoms with van der Waals surface area (Å²) in [5.74, 6) is -2.35. The molecule has 3 aromatic rings. The Kier molecular flexibility index (Phi) is 7.75. The van der Waals surface area contributed by atoms with E-state index in [9.17, 15) is 31.1 Å². The molecule has 1 aromatic heterocycles. The number of benzene rings is 2. The molecule has 0 radical (unpaired) electrons. The van der Waals surface area contributed by atoms with E-state index in [1.807, 2.05) is 0 Å². The largest absolute Gasteiger partial charge is 0.493 e. The number of aromatic nitrogens is 3. The predicted molar refractivity (Wildman–Crippen MR) is 124 cm³/mol. The van der Waals surface area contributed by atoms with Gasteiger partial charge >= 0.3 is 18.3 Å². The van der Waals surface area contributed by atoms with Gasteiger partial charge in [0.1, 0.15) is 18.0 Å². The van der Waals surface area contributed by atoms with Crippen LogP contribution in [0.25, 0.3) is 5.69 Å². The van der Waals surface area contributed by atoms with Gasteiger partial charge in [-0.2, -0.15) is 26.3 Å². The minimum absolute atomic E-state index is 0.00735. The van der Waals surface area contributed by atoms with Crippen molar-refractivity contribution in [1.82, 2.24) is 14.8 Å². The van der Waals surface area contributed by atoms with Crippen LogP contribution in [0.15, 0.2) is 40.9 Å². The molecule has 4 rings (SSSR count). The van der Waals surface area contributed by atoms with Crippen LogP contribution in [0.5, 0.6) is 5.75 Å². The number of carbonyl (C=O) groups is 1. The highest BCUT2D eigenvalue weighted by Crippen LogP contribution is 2.47. The van der Waals surface area contributed by atoms with Gasteiger partial charge in [-0.15, -0.1) is 10.2 Å². The van der Waals surface area contributed by atoms with Crippen LogP contribution in [-0.4, -0.2) is 33.9 Å². The normalized spacial score (nSPS) is 17.4. The summed E-state index contributed by atoms with van der Waals surface area (Å²) in [5.41, 5.74) is -1.37. The number of hydrogen-bond acceptors (Lipinski definition) is 6. The van der Waals surface area contributed by atoms with E-state index in [0.717, 1.165) is 12.1 Å². The number of nitrogens with zero attached hydrogens (tertiary/aromatic N) is 3. The third kappa shape index (κ3) is 5.37. The molecule has 38 heavy (non-hydrogen) atoms. The Morgan fingerprint density at radius 3 is 2.39 bits per heavy atom. The Labute approximate surface area is 220 Å². The second-order valence-electron chi connectivity index (χ2n) is 8.09. The van der Waals surface area contributed by atoms with Crippen LogP contribution in [0.4, 0.5) is 26.3 Å². The molecule has 0 fully saturated rings. The molecule has 2 aromatic carbocycles. The zero-order chi connectivity index (χ0) is 27.8. The summed E-state index contributed by atoms with van der Waals surface area (Å²) in [6.45, 7) is 3.53. The van der Waals surface area contributed by atoms with Gasteiger partial charge < -0.3 is 14.2 Å². The molecule has 7 nitrogen and oxygen atoms in total. The molecule has 0 spiro atoms. The fraction of sp³-hybridized carbons (Fsp3) is 0.375. The van der Waals surface area contributed by atoms with Crippen LogP contribution in [0.2, 0.25) is 0 Å². The molecule has 204 valence electrons. The van der Waals surface area contributed by atoms with E-state index in [1.54, 1.807) is 26.0 Å². The molecule has 0 bridgehead atoms. The van der Waals surface area contributed by atoms with Gasteiger partial charge in [-0.25, -0.2) is 0 Å². The monoisotopic (exact) mass is 607 g/mol. The Morgan fingerprint density at radius 2 is 1.76 bits per heavy atom.